The average Bonchev–Trinajstić information content (AvgIpc) is 2.02. The van der Waals surface area contributed by atoms with Crippen LogP contribution in [0.25, 0.3) is 0 Å². The fourth-order valence-electron chi connectivity index (χ4n) is 0.923. The van der Waals surface area contributed by atoms with Crippen molar-refractivity contribution in [3.05, 3.63) is 12.2 Å². The molecule has 0 rings (SSSR count). The van der Waals surface area contributed by atoms with Crippen molar-refractivity contribution in [1.29, 1.82) is 0 Å². The van der Waals surface area contributed by atoms with Gasteiger partial charge in [0.1, 0.15) is 0 Å². The third kappa shape index (κ3) is 7.00. The number of rotatable bonds is 5. The van der Waals surface area contributed by atoms with Gasteiger partial charge in [-0.3, -0.25) is 4.21 Å². The number of unbranched alkanes of at least 4 members (excludes halogenated alkanes) is 1. The van der Waals surface area contributed by atoms with Crippen molar-refractivity contribution in [3.8, 4) is 0 Å². The Balaban J connectivity index is 3.55. The van der Waals surface area contributed by atoms with E-state index in [2.05, 4.69) is 19.1 Å². The topological polar surface area (TPSA) is 17.1 Å². The van der Waals surface area contributed by atoms with Crippen LogP contribution in [0.1, 0.15) is 47.0 Å². The van der Waals surface area contributed by atoms with Crippen LogP contribution in [0.4, 0.5) is 0 Å². The van der Waals surface area contributed by atoms with Crippen molar-refractivity contribution >= 4 is 10.8 Å². The van der Waals surface area contributed by atoms with Crippen LogP contribution < -0.4 is 0 Å². The van der Waals surface area contributed by atoms with Gasteiger partial charge in [0.25, 0.3) is 0 Å². The molecule has 1 atom stereocenters. The molecule has 0 N–H and O–H groups in total. The van der Waals surface area contributed by atoms with E-state index in [1.807, 2.05) is 20.8 Å². The lowest BCUT2D eigenvalue weighted by atomic mass is 10.3. The molecule has 78 valence electrons. The van der Waals surface area contributed by atoms with E-state index in [1.165, 1.54) is 0 Å². The molecule has 0 aromatic heterocycles. The van der Waals surface area contributed by atoms with E-state index in [0.29, 0.717) is 0 Å². The standard InChI is InChI=1S/C11H22OS/c1-5-6-7-8-9-10-13(12)11(2,3)4/h6-7H,5,8-10H2,1-4H3/b7-6-. The predicted molar refractivity (Wildman–Crippen MR) is 61.4 cm³/mol. The lowest BCUT2D eigenvalue weighted by Gasteiger charge is -2.16. The maximum atomic E-state index is 11.6. The van der Waals surface area contributed by atoms with Gasteiger partial charge >= 0.3 is 0 Å². The Bertz CT molecular complexity index is 177. The summed E-state index contributed by atoms with van der Waals surface area (Å²) in [5.74, 6) is 0.831. The van der Waals surface area contributed by atoms with Crippen molar-refractivity contribution < 1.29 is 4.21 Å². The Morgan fingerprint density at radius 3 is 2.31 bits per heavy atom. The molecule has 0 saturated carbocycles. The van der Waals surface area contributed by atoms with E-state index in [0.717, 1.165) is 25.0 Å². The quantitative estimate of drug-likeness (QED) is 0.494. The van der Waals surface area contributed by atoms with Gasteiger partial charge in [0, 0.05) is 21.3 Å². The molecule has 0 radical (unpaired) electrons. The molecule has 1 nitrogen and oxygen atoms in total. The second kappa shape index (κ2) is 6.36. The van der Waals surface area contributed by atoms with Crippen LogP contribution in [0.15, 0.2) is 12.2 Å². The van der Waals surface area contributed by atoms with E-state index in [9.17, 15) is 4.21 Å². The minimum absolute atomic E-state index is 0.0472. The fraction of sp³-hybridized carbons (Fsp3) is 0.818. The van der Waals surface area contributed by atoms with Gasteiger partial charge in [0.15, 0.2) is 0 Å². The summed E-state index contributed by atoms with van der Waals surface area (Å²) in [5, 5.41) is 0. The second-order valence-corrected chi connectivity index (χ2v) is 6.51. The molecule has 13 heavy (non-hydrogen) atoms. The zero-order valence-corrected chi connectivity index (χ0v) is 10.1. The maximum absolute atomic E-state index is 11.6. The molecular formula is C11H22OS. The first-order valence-corrected chi connectivity index (χ1v) is 6.34. The molecule has 0 aliphatic rings. The van der Waals surface area contributed by atoms with Crippen molar-refractivity contribution in [2.45, 2.75) is 51.7 Å². The Morgan fingerprint density at radius 1 is 1.23 bits per heavy atom. The summed E-state index contributed by atoms with van der Waals surface area (Å²) >= 11 is 0. The highest BCUT2D eigenvalue weighted by Crippen LogP contribution is 2.12. The Morgan fingerprint density at radius 2 is 1.85 bits per heavy atom. The third-order valence-corrected chi connectivity index (χ3v) is 3.81. The van der Waals surface area contributed by atoms with Crippen molar-refractivity contribution in [2.24, 2.45) is 0 Å². The smallest absolute Gasteiger partial charge is 0.0375 e. The van der Waals surface area contributed by atoms with Gasteiger partial charge in [-0.1, -0.05) is 19.1 Å². The molecule has 0 aromatic carbocycles. The summed E-state index contributed by atoms with van der Waals surface area (Å²) < 4.78 is 11.5. The Hall–Kier alpha value is -0.110. The van der Waals surface area contributed by atoms with Crippen LogP contribution in [0, 0.1) is 0 Å². The van der Waals surface area contributed by atoms with Crippen LogP contribution in [0.2, 0.25) is 0 Å². The molecule has 0 fully saturated rings. The molecule has 0 heterocycles. The number of hydrogen-bond acceptors (Lipinski definition) is 1. The molecular weight excluding hydrogens is 180 g/mol. The minimum atomic E-state index is -0.677. The zero-order valence-electron chi connectivity index (χ0n) is 9.30. The summed E-state index contributed by atoms with van der Waals surface area (Å²) in [5.41, 5.74) is 0. The van der Waals surface area contributed by atoms with E-state index >= 15 is 0 Å². The second-order valence-electron chi connectivity index (χ2n) is 4.18. The summed E-state index contributed by atoms with van der Waals surface area (Å²) in [6, 6.07) is 0. The molecule has 0 spiro atoms. The van der Waals surface area contributed by atoms with Gasteiger partial charge in [-0.25, -0.2) is 0 Å². The Labute approximate surface area is 85.1 Å². The number of hydrogen-bond donors (Lipinski definition) is 0. The highest BCUT2D eigenvalue weighted by Gasteiger charge is 2.17. The summed E-state index contributed by atoms with van der Waals surface area (Å²) in [6.45, 7) is 8.23. The van der Waals surface area contributed by atoms with Crippen LogP contribution in [0.5, 0.6) is 0 Å². The largest absolute Gasteiger partial charge is 0.259 e. The lowest BCUT2D eigenvalue weighted by Crippen LogP contribution is -2.23. The van der Waals surface area contributed by atoms with Gasteiger partial charge in [0.2, 0.25) is 0 Å². The predicted octanol–water partition coefficient (Wildman–Crippen LogP) is 3.28. The maximum Gasteiger partial charge on any atom is 0.0375 e. The first kappa shape index (κ1) is 12.9. The molecule has 2 heteroatoms. The molecule has 0 aliphatic carbocycles. The highest BCUT2D eigenvalue weighted by molar-refractivity contribution is 7.86. The molecule has 0 aliphatic heterocycles. The van der Waals surface area contributed by atoms with Crippen molar-refractivity contribution in [3.63, 3.8) is 0 Å². The van der Waals surface area contributed by atoms with Crippen LogP contribution in [-0.4, -0.2) is 14.7 Å². The SMILES string of the molecule is CC/C=C\CCCS(=O)C(C)(C)C. The minimum Gasteiger partial charge on any atom is -0.259 e. The zero-order chi connectivity index (χ0) is 10.3. The summed E-state index contributed by atoms with van der Waals surface area (Å²) in [4.78, 5) is 0. The van der Waals surface area contributed by atoms with E-state index in [4.69, 9.17) is 0 Å². The Kier molecular flexibility index (Phi) is 6.31. The molecule has 1 unspecified atom stereocenters. The molecule has 0 saturated heterocycles. The van der Waals surface area contributed by atoms with E-state index in [1.54, 1.807) is 0 Å². The van der Waals surface area contributed by atoms with Crippen LogP contribution >= 0.6 is 0 Å². The van der Waals surface area contributed by atoms with E-state index in [-0.39, 0.29) is 4.75 Å². The van der Waals surface area contributed by atoms with Crippen molar-refractivity contribution in [2.75, 3.05) is 5.75 Å². The van der Waals surface area contributed by atoms with Gasteiger partial charge in [-0.2, -0.15) is 0 Å². The van der Waals surface area contributed by atoms with Crippen LogP contribution in [-0.2, 0) is 10.8 Å². The molecule has 0 aromatic rings. The monoisotopic (exact) mass is 202 g/mol. The normalized spacial score (nSPS) is 15.1. The first-order valence-electron chi connectivity index (χ1n) is 5.02. The average molecular weight is 202 g/mol. The van der Waals surface area contributed by atoms with Gasteiger partial charge in [-0.05, 0) is 40.0 Å². The molecule has 0 amide bonds. The van der Waals surface area contributed by atoms with Gasteiger partial charge in [0.05, 0.1) is 0 Å². The van der Waals surface area contributed by atoms with E-state index < -0.39 is 10.8 Å². The third-order valence-electron chi connectivity index (χ3n) is 1.79. The summed E-state index contributed by atoms with van der Waals surface area (Å²) in [6.07, 6.45) is 7.55. The van der Waals surface area contributed by atoms with Gasteiger partial charge < -0.3 is 0 Å². The highest BCUT2D eigenvalue weighted by atomic mass is 32.2. The van der Waals surface area contributed by atoms with Crippen molar-refractivity contribution in [1.82, 2.24) is 0 Å². The number of allylic oxidation sites excluding steroid dienone is 2. The lowest BCUT2D eigenvalue weighted by molar-refractivity contribution is 0.646. The fourth-order valence-corrected chi connectivity index (χ4v) is 1.96. The molecule has 0 bridgehead atoms. The summed E-state index contributed by atoms with van der Waals surface area (Å²) in [7, 11) is -0.677. The first-order chi connectivity index (χ1) is 5.98. The van der Waals surface area contributed by atoms with Crippen LogP contribution in [0.3, 0.4) is 0 Å². The van der Waals surface area contributed by atoms with Gasteiger partial charge in [-0.15, -0.1) is 0 Å².